The van der Waals surface area contributed by atoms with Crippen LogP contribution in [-0.4, -0.2) is 35.0 Å². The van der Waals surface area contributed by atoms with Crippen molar-refractivity contribution in [2.75, 3.05) is 23.3 Å². The van der Waals surface area contributed by atoms with Gasteiger partial charge in [0.15, 0.2) is 0 Å². The van der Waals surface area contributed by atoms with E-state index in [9.17, 15) is 10.1 Å². The Balaban J connectivity index is 1.84. The third-order valence-corrected chi connectivity index (χ3v) is 4.81. The number of amides is 1. The molecule has 0 radical (unpaired) electrons. The lowest BCUT2D eigenvalue weighted by atomic mass is 10.1. The first-order valence-corrected chi connectivity index (χ1v) is 9.66. The van der Waals surface area contributed by atoms with Crippen molar-refractivity contribution in [3.05, 3.63) is 41.1 Å². The fourth-order valence-electron chi connectivity index (χ4n) is 3.41. The number of anilines is 3. The molecular weight excluding hydrogens is 352 g/mol. The molecule has 3 rings (SSSR count). The number of hydrogen-bond donors (Lipinski definition) is 2. The van der Waals surface area contributed by atoms with E-state index in [1.807, 2.05) is 31.2 Å². The van der Waals surface area contributed by atoms with Crippen molar-refractivity contribution in [3.8, 4) is 6.07 Å². The molecule has 0 bridgehead atoms. The third kappa shape index (κ3) is 4.77. The third-order valence-electron chi connectivity index (χ3n) is 4.81. The van der Waals surface area contributed by atoms with Crippen LogP contribution in [0.3, 0.4) is 0 Å². The summed E-state index contributed by atoms with van der Waals surface area (Å²) in [6.07, 6.45) is 2.76. The van der Waals surface area contributed by atoms with Crippen LogP contribution in [0.25, 0.3) is 0 Å². The molecule has 146 valence electrons. The first-order valence-electron chi connectivity index (χ1n) is 9.66. The first kappa shape index (κ1) is 19.6. The van der Waals surface area contributed by atoms with Gasteiger partial charge < -0.3 is 15.5 Å². The zero-order chi connectivity index (χ0) is 20.1. The highest BCUT2D eigenvalue weighted by atomic mass is 16.1. The Morgan fingerprint density at radius 1 is 1.36 bits per heavy atom. The fraction of sp³-hybridized carbons (Fsp3) is 0.429. The first-order chi connectivity index (χ1) is 13.5. The van der Waals surface area contributed by atoms with Crippen LogP contribution in [0.2, 0.25) is 0 Å². The molecule has 1 amide bonds. The minimum atomic E-state index is -0.00349. The lowest BCUT2D eigenvalue weighted by molar-refractivity contribution is -0.119. The van der Waals surface area contributed by atoms with Crippen LogP contribution in [0.1, 0.15) is 43.5 Å². The van der Waals surface area contributed by atoms with Gasteiger partial charge in [-0.25, -0.2) is 4.98 Å². The topological polar surface area (TPSA) is 93.9 Å². The summed E-state index contributed by atoms with van der Waals surface area (Å²) < 4.78 is 0. The molecule has 7 heteroatoms. The number of rotatable bonds is 6. The van der Waals surface area contributed by atoms with Gasteiger partial charge in [-0.05, 0) is 37.5 Å². The van der Waals surface area contributed by atoms with E-state index in [1.165, 1.54) is 0 Å². The highest BCUT2D eigenvalue weighted by molar-refractivity contribution is 5.73. The molecule has 1 saturated heterocycles. The SMILES string of the molecule is CCCc1cc(N2CCC(NC(C)=O)C2)nc(Nc2ccc(C)c(C#N)c2)n1. The van der Waals surface area contributed by atoms with Crippen molar-refractivity contribution in [2.24, 2.45) is 0 Å². The molecule has 1 atom stereocenters. The molecule has 2 aromatic rings. The Morgan fingerprint density at radius 2 is 2.18 bits per heavy atom. The highest BCUT2D eigenvalue weighted by Crippen LogP contribution is 2.23. The van der Waals surface area contributed by atoms with E-state index >= 15 is 0 Å². The average Bonchev–Trinajstić information content (AvgIpc) is 3.11. The van der Waals surface area contributed by atoms with Crippen molar-refractivity contribution >= 4 is 23.4 Å². The van der Waals surface area contributed by atoms with Gasteiger partial charge in [-0.3, -0.25) is 4.79 Å². The molecule has 1 aromatic carbocycles. The lowest BCUT2D eigenvalue weighted by Crippen LogP contribution is -2.35. The van der Waals surface area contributed by atoms with Crippen molar-refractivity contribution in [2.45, 2.75) is 46.1 Å². The Labute approximate surface area is 165 Å². The molecule has 1 aliphatic rings. The number of carbonyl (C=O) groups is 1. The maximum absolute atomic E-state index is 11.3. The van der Waals surface area contributed by atoms with Gasteiger partial charge in [0.25, 0.3) is 0 Å². The molecule has 28 heavy (non-hydrogen) atoms. The highest BCUT2D eigenvalue weighted by Gasteiger charge is 2.24. The van der Waals surface area contributed by atoms with E-state index in [2.05, 4.69) is 33.5 Å². The number of aryl methyl sites for hydroxylation is 2. The zero-order valence-corrected chi connectivity index (χ0v) is 16.6. The van der Waals surface area contributed by atoms with Gasteiger partial charge in [0.1, 0.15) is 5.82 Å². The van der Waals surface area contributed by atoms with Crippen molar-refractivity contribution in [3.63, 3.8) is 0 Å². The maximum Gasteiger partial charge on any atom is 0.229 e. The molecule has 2 N–H and O–H groups in total. The molecule has 0 saturated carbocycles. The second kappa shape index (κ2) is 8.70. The molecule has 1 aliphatic heterocycles. The number of hydrogen-bond acceptors (Lipinski definition) is 6. The number of carbonyl (C=O) groups excluding carboxylic acids is 1. The van der Waals surface area contributed by atoms with Crippen LogP contribution in [0, 0.1) is 18.3 Å². The van der Waals surface area contributed by atoms with Gasteiger partial charge in [0.05, 0.1) is 11.6 Å². The summed E-state index contributed by atoms with van der Waals surface area (Å²) in [6.45, 7) is 7.17. The minimum absolute atomic E-state index is 0.00349. The Kier molecular flexibility index (Phi) is 6.09. The number of benzene rings is 1. The molecule has 1 aromatic heterocycles. The van der Waals surface area contributed by atoms with E-state index in [0.717, 1.165) is 55.1 Å². The fourth-order valence-corrected chi connectivity index (χ4v) is 3.41. The van der Waals surface area contributed by atoms with Crippen LogP contribution >= 0.6 is 0 Å². The molecule has 0 aliphatic carbocycles. The van der Waals surface area contributed by atoms with Crippen LogP contribution in [0.5, 0.6) is 0 Å². The largest absolute Gasteiger partial charge is 0.354 e. The number of nitrogens with one attached hydrogen (secondary N) is 2. The molecule has 7 nitrogen and oxygen atoms in total. The van der Waals surface area contributed by atoms with E-state index in [1.54, 1.807) is 6.92 Å². The van der Waals surface area contributed by atoms with Gasteiger partial charge in [-0.1, -0.05) is 19.4 Å². The van der Waals surface area contributed by atoms with Crippen molar-refractivity contribution < 1.29 is 4.79 Å². The summed E-state index contributed by atoms with van der Waals surface area (Å²) in [4.78, 5) is 22.8. The summed E-state index contributed by atoms with van der Waals surface area (Å²) in [6, 6.07) is 10.0. The van der Waals surface area contributed by atoms with E-state index < -0.39 is 0 Å². The van der Waals surface area contributed by atoms with Gasteiger partial charge in [-0.15, -0.1) is 0 Å². The van der Waals surface area contributed by atoms with Crippen LogP contribution in [0.15, 0.2) is 24.3 Å². The quantitative estimate of drug-likeness (QED) is 0.802. The van der Waals surface area contributed by atoms with E-state index in [4.69, 9.17) is 4.98 Å². The van der Waals surface area contributed by atoms with Gasteiger partial charge in [0.2, 0.25) is 11.9 Å². The van der Waals surface area contributed by atoms with Crippen LogP contribution < -0.4 is 15.5 Å². The summed E-state index contributed by atoms with van der Waals surface area (Å²) >= 11 is 0. The smallest absolute Gasteiger partial charge is 0.229 e. The predicted molar refractivity (Wildman–Crippen MR) is 110 cm³/mol. The summed E-state index contributed by atoms with van der Waals surface area (Å²) in [7, 11) is 0. The van der Waals surface area contributed by atoms with Crippen LogP contribution in [0.4, 0.5) is 17.5 Å². The number of nitriles is 1. The summed E-state index contributed by atoms with van der Waals surface area (Å²) in [5, 5.41) is 15.5. The van der Waals surface area contributed by atoms with Crippen molar-refractivity contribution in [1.82, 2.24) is 15.3 Å². The Hall–Kier alpha value is -3.14. The predicted octanol–water partition coefficient (Wildman–Crippen LogP) is 3.07. The van der Waals surface area contributed by atoms with Crippen LogP contribution in [-0.2, 0) is 11.2 Å². The molecule has 1 fully saturated rings. The van der Waals surface area contributed by atoms with E-state index in [0.29, 0.717) is 11.5 Å². The molecule has 1 unspecified atom stereocenters. The van der Waals surface area contributed by atoms with Crippen molar-refractivity contribution in [1.29, 1.82) is 5.26 Å². The summed E-state index contributed by atoms with van der Waals surface area (Å²) in [5.41, 5.74) is 3.34. The van der Waals surface area contributed by atoms with E-state index in [-0.39, 0.29) is 11.9 Å². The number of nitrogens with zero attached hydrogens (tertiary/aromatic N) is 4. The maximum atomic E-state index is 11.3. The molecule has 2 heterocycles. The lowest BCUT2D eigenvalue weighted by Gasteiger charge is -2.19. The summed E-state index contributed by atoms with van der Waals surface area (Å²) in [5.74, 6) is 1.38. The Morgan fingerprint density at radius 3 is 2.89 bits per heavy atom. The average molecular weight is 378 g/mol. The van der Waals surface area contributed by atoms with Gasteiger partial charge >= 0.3 is 0 Å². The second-order valence-corrected chi connectivity index (χ2v) is 7.19. The molecule has 0 spiro atoms. The normalized spacial score (nSPS) is 15.9. The van der Waals surface area contributed by atoms with Gasteiger partial charge in [-0.2, -0.15) is 10.2 Å². The zero-order valence-electron chi connectivity index (χ0n) is 16.6. The van der Waals surface area contributed by atoms with Gasteiger partial charge in [0, 0.05) is 43.5 Å². The monoisotopic (exact) mass is 378 g/mol. The number of aromatic nitrogens is 2. The standard InChI is InChI=1S/C21H26N6O/c1-4-5-17-11-20(27-9-8-19(13-27)23-15(3)28)26-21(24-17)25-18-7-6-14(2)16(10-18)12-22/h6-7,10-11,19H,4-5,8-9,13H2,1-3H3,(H,23,28)(H,24,25,26). The Bertz CT molecular complexity index is 904. The second-order valence-electron chi connectivity index (χ2n) is 7.19. The molecular formula is C21H26N6O. The minimum Gasteiger partial charge on any atom is -0.354 e.